The Morgan fingerprint density at radius 1 is 1.41 bits per heavy atom. The van der Waals surface area contributed by atoms with Crippen LogP contribution in [0.25, 0.3) is 0 Å². The maximum absolute atomic E-state index is 13.2. The molecule has 92 valence electrons. The minimum Gasteiger partial charge on any atom is -0.467 e. The molecule has 1 N–H and O–H groups in total. The first-order valence-corrected chi connectivity index (χ1v) is 5.15. The van der Waals surface area contributed by atoms with Gasteiger partial charge >= 0.3 is 5.97 Å². The van der Waals surface area contributed by atoms with Crippen molar-refractivity contribution in [3.05, 3.63) is 35.6 Å². The van der Waals surface area contributed by atoms with Gasteiger partial charge in [0.1, 0.15) is 11.9 Å². The highest BCUT2D eigenvalue weighted by atomic mass is 19.1. The fourth-order valence-corrected chi connectivity index (χ4v) is 1.34. The highest BCUT2D eigenvalue weighted by Crippen LogP contribution is 2.06. The Hall–Kier alpha value is -1.91. The van der Waals surface area contributed by atoms with Crippen LogP contribution >= 0.6 is 0 Å². The van der Waals surface area contributed by atoms with Gasteiger partial charge in [0.05, 0.1) is 13.5 Å². The Morgan fingerprint density at radius 3 is 2.65 bits per heavy atom. The lowest BCUT2D eigenvalue weighted by Crippen LogP contribution is -2.40. The number of nitrogens with one attached hydrogen (secondary N) is 1. The molecular weight excluding hydrogens is 225 g/mol. The number of rotatable bonds is 4. The van der Waals surface area contributed by atoms with Gasteiger partial charge in [-0.1, -0.05) is 18.2 Å². The maximum Gasteiger partial charge on any atom is 0.328 e. The molecule has 1 rings (SSSR count). The first-order chi connectivity index (χ1) is 8.04. The quantitative estimate of drug-likeness (QED) is 0.799. The van der Waals surface area contributed by atoms with Gasteiger partial charge in [-0.2, -0.15) is 0 Å². The van der Waals surface area contributed by atoms with Gasteiger partial charge < -0.3 is 10.1 Å². The van der Waals surface area contributed by atoms with E-state index in [2.05, 4.69) is 10.1 Å². The second-order valence-corrected chi connectivity index (χ2v) is 3.58. The van der Waals surface area contributed by atoms with Gasteiger partial charge in [0.15, 0.2) is 0 Å². The van der Waals surface area contributed by atoms with Crippen LogP contribution in [0.5, 0.6) is 0 Å². The normalized spacial score (nSPS) is 11.7. The van der Waals surface area contributed by atoms with E-state index >= 15 is 0 Å². The summed E-state index contributed by atoms with van der Waals surface area (Å²) < 4.78 is 17.7. The molecule has 0 aliphatic heterocycles. The highest BCUT2D eigenvalue weighted by molar-refractivity contribution is 5.85. The molecule has 1 amide bonds. The fourth-order valence-electron chi connectivity index (χ4n) is 1.34. The Morgan fingerprint density at radius 2 is 2.06 bits per heavy atom. The monoisotopic (exact) mass is 239 g/mol. The third-order valence-corrected chi connectivity index (χ3v) is 2.24. The number of amides is 1. The van der Waals surface area contributed by atoms with Crippen molar-refractivity contribution in [2.75, 3.05) is 7.11 Å². The predicted octanol–water partition coefficient (Wildman–Crippen LogP) is 1.05. The number of hydrogen-bond donors (Lipinski definition) is 1. The Labute approximate surface area is 98.8 Å². The van der Waals surface area contributed by atoms with Crippen molar-refractivity contribution in [1.82, 2.24) is 5.32 Å². The smallest absolute Gasteiger partial charge is 0.328 e. The Bertz CT molecular complexity index is 420. The lowest BCUT2D eigenvalue weighted by molar-refractivity contribution is -0.144. The summed E-state index contributed by atoms with van der Waals surface area (Å²) in [5.74, 6) is -1.40. The molecule has 5 heteroatoms. The summed E-state index contributed by atoms with van der Waals surface area (Å²) in [7, 11) is 1.24. The lowest BCUT2D eigenvalue weighted by atomic mass is 10.1. The van der Waals surface area contributed by atoms with Crippen LogP contribution in [0, 0.1) is 5.82 Å². The summed E-state index contributed by atoms with van der Waals surface area (Å²) in [5.41, 5.74) is 0.294. The van der Waals surface area contributed by atoms with Gasteiger partial charge in [-0.15, -0.1) is 0 Å². The molecule has 0 saturated heterocycles. The predicted molar refractivity (Wildman–Crippen MR) is 59.7 cm³/mol. The second kappa shape index (κ2) is 5.98. The second-order valence-electron chi connectivity index (χ2n) is 3.58. The third kappa shape index (κ3) is 3.86. The highest BCUT2D eigenvalue weighted by Gasteiger charge is 2.16. The van der Waals surface area contributed by atoms with E-state index in [1.54, 1.807) is 12.1 Å². The molecule has 4 nitrogen and oxygen atoms in total. The molecule has 0 radical (unpaired) electrons. The molecule has 1 atom stereocenters. The molecule has 0 aliphatic carbocycles. The average molecular weight is 239 g/mol. The number of hydrogen-bond acceptors (Lipinski definition) is 3. The Kier molecular flexibility index (Phi) is 4.63. The number of benzene rings is 1. The van der Waals surface area contributed by atoms with Gasteiger partial charge in [0.2, 0.25) is 5.91 Å². The number of esters is 1. The van der Waals surface area contributed by atoms with Gasteiger partial charge in [-0.05, 0) is 18.6 Å². The molecule has 0 aromatic heterocycles. The average Bonchev–Trinajstić information content (AvgIpc) is 2.31. The largest absolute Gasteiger partial charge is 0.467 e. The molecule has 0 aliphatic rings. The van der Waals surface area contributed by atoms with Crippen LogP contribution in [0.4, 0.5) is 4.39 Å². The van der Waals surface area contributed by atoms with Crippen LogP contribution in [0.15, 0.2) is 24.3 Å². The van der Waals surface area contributed by atoms with E-state index in [4.69, 9.17) is 0 Å². The number of halogens is 1. The SMILES string of the molecule is COC(=O)C(C)NC(=O)Cc1ccccc1F. The summed E-state index contributed by atoms with van der Waals surface area (Å²) >= 11 is 0. The van der Waals surface area contributed by atoms with Crippen LogP contribution < -0.4 is 5.32 Å². The molecule has 0 bridgehead atoms. The molecule has 0 saturated carbocycles. The lowest BCUT2D eigenvalue weighted by Gasteiger charge is -2.11. The van der Waals surface area contributed by atoms with Gasteiger partial charge in [-0.3, -0.25) is 4.79 Å². The first-order valence-electron chi connectivity index (χ1n) is 5.15. The molecule has 17 heavy (non-hydrogen) atoms. The zero-order valence-corrected chi connectivity index (χ0v) is 9.70. The minimum atomic E-state index is -0.737. The standard InChI is InChI=1S/C12H14FNO3/c1-8(12(16)17-2)14-11(15)7-9-5-3-4-6-10(9)13/h3-6,8H,7H2,1-2H3,(H,14,15). The summed E-state index contributed by atoms with van der Waals surface area (Å²) in [6, 6.07) is 5.27. The van der Waals surface area contributed by atoms with Crippen molar-refractivity contribution in [3.63, 3.8) is 0 Å². The summed E-state index contributed by atoms with van der Waals surface area (Å²) in [5, 5.41) is 2.43. The Balaban J connectivity index is 2.56. The third-order valence-electron chi connectivity index (χ3n) is 2.24. The van der Waals surface area contributed by atoms with E-state index in [-0.39, 0.29) is 6.42 Å². The molecule has 1 unspecified atom stereocenters. The molecule has 1 aromatic rings. The number of methoxy groups -OCH3 is 1. The van der Waals surface area contributed by atoms with E-state index in [9.17, 15) is 14.0 Å². The molecule has 0 fully saturated rings. The zero-order chi connectivity index (χ0) is 12.8. The summed E-state index contributed by atoms with van der Waals surface area (Å²) in [6.45, 7) is 1.51. The molecular formula is C12H14FNO3. The molecule has 0 spiro atoms. The van der Waals surface area contributed by atoms with E-state index < -0.39 is 23.7 Å². The van der Waals surface area contributed by atoms with Gasteiger partial charge in [-0.25, -0.2) is 9.18 Å². The fraction of sp³-hybridized carbons (Fsp3) is 0.333. The van der Waals surface area contributed by atoms with E-state index in [0.29, 0.717) is 5.56 Å². The number of ether oxygens (including phenoxy) is 1. The van der Waals surface area contributed by atoms with Crippen molar-refractivity contribution in [2.24, 2.45) is 0 Å². The number of carbonyl (C=O) groups excluding carboxylic acids is 2. The first kappa shape index (κ1) is 13.2. The van der Waals surface area contributed by atoms with Crippen molar-refractivity contribution >= 4 is 11.9 Å². The summed E-state index contributed by atoms with van der Waals surface area (Å²) in [4.78, 5) is 22.6. The maximum atomic E-state index is 13.2. The van der Waals surface area contributed by atoms with Crippen LogP contribution in [-0.4, -0.2) is 25.0 Å². The van der Waals surface area contributed by atoms with Crippen molar-refractivity contribution in [1.29, 1.82) is 0 Å². The van der Waals surface area contributed by atoms with Crippen LogP contribution in [-0.2, 0) is 20.7 Å². The van der Waals surface area contributed by atoms with Crippen molar-refractivity contribution in [2.45, 2.75) is 19.4 Å². The van der Waals surface area contributed by atoms with Crippen molar-refractivity contribution < 1.29 is 18.7 Å². The van der Waals surface area contributed by atoms with Crippen LogP contribution in [0.3, 0.4) is 0 Å². The zero-order valence-electron chi connectivity index (χ0n) is 9.70. The topological polar surface area (TPSA) is 55.4 Å². The van der Waals surface area contributed by atoms with Gasteiger partial charge in [0, 0.05) is 0 Å². The van der Waals surface area contributed by atoms with E-state index in [0.717, 1.165) is 0 Å². The number of carbonyl (C=O) groups is 2. The molecule has 0 heterocycles. The van der Waals surface area contributed by atoms with Crippen LogP contribution in [0.2, 0.25) is 0 Å². The minimum absolute atomic E-state index is 0.103. The molecule has 1 aromatic carbocycles. The van der Waals surface area contributed by atoms with Crippen molar-refractivity contribution in [3.8, 4) is 0 Å². The van der Waals surface area contributed by atoms with E-state index in [1.165, 1.54) is 26.2 Å². The summed E-state index contributed by atoms with van der Waals surface area (Å²) in [6.07, 6.45) is -0.103. The van der Waals surface area contributed by atoms with E-state index in [1.807, 2.05) is 0 Å². The van der Waals surface area contributed by atoms with Crippen LogP contribution in [0.1, 0.15) is 12.5 Å². The van der Waals surface area contributed by atoms with Gasteiger partial charge in [0.25, 0.3) is 0 Å².